The van der Waals surface area contributed by atoms with Crippen LogP contribution < -0.4 is 0 Å². The molecular weight excluding hydrogens is 241 g/mol. The number of benzene rings is 1. The van der Waals surface area contributed by atoms with Crippen LogP contribution in [0.4, 0.5) is 4.39 Å². The quantitative estimate of drug-likeness (QED) is 0.824. The van der Waals surface area contributed by atoms with E-state index < -0.39 is 0 Å². The average molecular weight is 258 g/mol. The van der Waals surface area contributed by atoms with Crippen LogP contribution >= 0.6 is 11.6 Å². The molecule has 0 bridgehead atoms. The molecule has 2 atom stereocenters. The summed E-state index contributed by atoms with van der Waals surface area (Å²) in [5, 5.41) is 0.187. The van der Waals surface area contributed by atoms with E-state index in [1.165, 1.54) is 0 Å². The van der Waals surface area contributed by atoms with E-state index in [-0.39, 0.29) is 23.0 Å². The minimum atomic E-state index is -0.306. The Kier molecular flexibility index (Phi) is 4.02. The van der Waals surface area contributed by atoms with E-state index >= 15 is 0 Å². The SMILES string of the molecule is CCN1CC[C@@H](c2cccc(Cl)c2F)[C@@H]1OC. The van der Waals surface area contributed by atoms with Crippen molar-refractivity contribution in [3.8, 4) is 0 Å². The van der Waals surface area contributed by atoms with Crippen molar-refractivity contribution >= 4 is 11.6 Å². The van der Waals surface area contributed by atoms with Gasteiger partial charge in [-0.2, -0.15) is 0 Å². The molecule has 4 heteroatoms. The third-order valence-electron chi connectivity index (χ3n) is 3.46. The van der Waals surface area contributed by atoms with Gasteiger partial charge in [-0.1, -0.05) is 30.7 Å². The van der Waals surface area contributed by atoms with Gasteiger partial charge in [-0.3, -0.25) is 4.90 Å². The summed E-state index contributed by atoms with van der Waals surface area (Å²) in [6.45, 7) is 3.94. The second-order valence-corrected chi connectivity index (χ2v) is 4.70. The van der Waals surface area contributed by atoms with Crippen molar-refractivity contribution in [3.63, 3.8) is 0 Å². The first-order chi connectivity index (χ1) is 8.19. The molecule has 1 saturated heterocycles. The second-order valence-electron chi connectivity index (χ2n) is 4.29. The zero-order chi connectivity index (χ0) is 12.4. The molecule has 1 aromatic rings. The van der Waals surface area contributed by atoms with Crippen molar-refractivity contribution in [1.29, 1.82) is 0 Å². The lowest BCUT2D eigenvalue weighted by Gasteiger charge is -2.26. The van der Waals surface area contributed by atoms with Gasteiger partial charge in [-0.25, -0.2) is 4.39 Å². The van der Waals surface area contributed by atoms with Crippen molar-refractivity contribution in [2.75, 3.05) is 20.2 Å². The van der Waals surface area contributed by atoms with Crippen LogP contribution in [0.1, 0.15) is 24.8 Å². The van der Waals surface area contributed by atoms with E-state index in [1.54, 1.807) is 25.3 Å². The molecule has 2 nitrogen and oxygen atoms in total. The first-order valence-corrected chi connectivity index (χ1v) is 6.27. The standard InChI is InChI=1S/C13H17ClFNO/c1-3-16-8-7-10(13(16)17-2)9-5-4-6-11(14)12(9)15/h4-6,10,13H,3,7-8H2,1-2H3/t10-,13-/m0/s1. The van der Waals surface area contributed by atoms with Gasteiger partial charge in [0.1, 0.15) is 12.0 Å². The third-order valence-corrected chi connectivity index (χ3v) is 3.75. The summed E-state index contributed by atoms with van der Waals surface area (Å²) in [4.78, 5) is 2.21. The van der Waals surface area contributed by atoms with Gasteiger partial charge in [-0.05, 0) is 24.6 Å². The molecule has 0 unspecified atom stereocenters. The Labute approximate surface area is 106 Å². The van der Waals surface area contributed by atoms with Crippen LogP contribution in [0.2, 0.25) is 5.02 Å². The number of likely N-dealkylation sites (tertiary alicyclic amines) is 1. The number of methoxy groups -OCH3 is 1. The smallest absolute Gasteiger partial charge is 0.145 e. The van der Waals surface area contributed by atoms with Crippen LogP contribution in [0.25, 0.3) is 0 Å². The highest BCUT2D eigenvalue weighted by Crippen LogP contribution is 2.36. The molecular formula is C13H17ClFNO. The van der Waals surface area contributed by atoms with Crippen molar-refractivity contribution in [2.45, 2.75) is 25.5 Å². The number of nitrogens with zero attached hydrogens (tertiary/aromatic N) is 1. The number of hydrogen-bond donors (Lipinski definition) is 0. The Morgan fingerprint density at radius 1 is 1.53 bits per heavy atom. The number of rotatable bonds is 3. The van der Waals surface area contributed by atoms with Crippen LogP contribution in [0.3, 0.4) is 0 Å². The normalized spacial score (nSPS) is 25.4. The zero-order valence-corrected chi connectivity index (χ0v) is 10.9. The maximum absolute atomic E-state index is 14.0. The summed E-state index contributed by atoms with van der Waals surface area (Å²) in [5.41, 5.74) is 0.667. The maximum Gasteiger partial charge on any atom is 0.145 e. The fourth-order valence-electron chi connectivity index (χ4n) is 2.60. The van der Waals surface area contributed by atoms with E-state index in [9.17, 15) is 4.39 Å². The first-order valence-electron chi connectivity index (χ1n) is 5.89. The highest BCUT2D eigenvalue weighted by molar-refractivity contribution is 6.30. The number of ether oxygens (including phenoxy) is 1. The van der Waals surface area contributed by atoms with Gasteiger partial charge < -0.3 is 4.74 Å². The van der Waals surface area contributed by atoms with Crippen molar-refractivity contribution in [3.05, 3.63) is 34.6 Å². The molecule has 0 aromatic heterocycles. The molecule has 0 N–H and O–H groups in total. The van der Waals surface area contributed by atoms with E-state index in [0.29, 0.717) is 5.56 Å². The summed E-state index contributed by atoms with van der Waals surface area (Å²) in [6, 6.07) is 5.17. The number of hydrogen-bond acceptors (Lipinski definition) is 2. The Morgan fingerprint density at radius 3 is 2.94 bits per heavy atom. The molecule has 0 spiro atoms. The van der Waals surface area contributed by atoms with E-state index in [1.807, 2.05) is 0 Å². The van der Waals surface area contributed by atoms with Crippen molar-refractivity contribution in [1.82, 2.24) is 4.90 Å². The van der Waals surface area contributed by atoms with Crippen molar-refractivity contribution in [2.24, 2.45) is 0 Å². The summed E-state index contributed by atoms with van der Waals surface area (Å²) in [5.74, 6) is -0.238. The van der Waals surface area contributed by atoms with Gasteiger partial charge in [-0.15, -0.1) is 0 Å². The lowest BCUT2D eigenvalue weighted by Crippen LogP contribution is -2.33. The minimum absolute atomic E-state index is 0.0482. The molecule has 94 valence electrons. The molecule has 2 rings (SSSR count). The van der Waals surface area contributed by atoms with E-state index in [2.05, 4.69) is 11.8 Å². The van der Waals surface area contributed by atoms with Crippen LogP contribution in [-0.4, -0.2) is 31.3 Å². The van der Waals surface area contributed by atoms with Crippen LogP contribution in [0, 0.1) is 5.82 Å². The first kappa shape index (κ1) is 12.8. The Morgan fingerprint density at radius 2 is 2.29 bits per heavy atom. The zero-order valence-electron chi connectivity index (χ0n) is 10.1. The molecule has 0 aliphatic carbocycles. The fraction of sp³-hybridized carbons (Fsp3) is 0.538. The van der Waals surface area contributed by atoms with Gasteiger partial charge in [0.25, 0.3) is 0 Å². The summed E-state index contributed by atoms with van der Waals surface area (Å²) in [6.07, 6.45) is 0.858. The van der Waals surface area contributed by atoms with Gasteiger partial charge in [0.05, 0.1) is 5.02 Å². The molecule has 1 aliphatic rings. The fourth-order valence-corrected chi connectivity index (χ4v) is 2.78. The molecule has 1 aliphatic heterocycles. The van der Waals surface area contributed by atoms with Crippen LogP contribution in [0.15, 0.2) is 18.2 Å². The molecule has 0 radical (unpaired) electrons. The largest absolute Gasteiger partial charge is 0.366 e. The number of halogens is 2. The molecule has 1 heterocycles. The van der Waals surface area contributed by atoms with Crippen LogP contribution in [-0.2, 0) is 4.74 Å². The molecule has 0 amide bonds. The maximum atomic E-state index is 14.0. The predicted molar refractivity (Wildman–Crippen MR) is 66.8 cm³/mol. The molecule has 1 fully saturated rings. The molecule has 17 heavy (non-hydrogen) atoms. The summed E-state index contributed by atoms with van der Waals surface area (Å²) >= 11 is 5.82. The Bertz CT molecular complexity index is 399. The molecule has 1 aromatic carbocycles. The predicted octanol–water partition coefficient (Wildman–Crippen LogP) is 3.26. The molecule has 0 saturated carbocycles. The van der Waals surface area contributed by atoms with Crippen LogP contribution in [0.5, 0.6) is 0 Å². The topological polar surface area (TPSA) is 12.5 Å². The average Bonchev–Trinajstić information content (AvgIpc) is 2.75. The van der Waals surface area contributed by atoms with E-state index in [4.69, 9.17) is 16.3 Å². The second kappa shape index (κ2) is 5.34. The van der Waals surface area contributed by atoms with E-state index in [0.717, 1.165) is 19.5 Å². The minimum Gasteiger partial charge on any atom is -0.366 e. The van der Waals surface area contributed by atoms with Gasteiger partial charge >= 0.3 is 0 Å². The van der Waals surface area contributed by atoms with Gasteiger partial charge in [0.2, 0.25) is 0 Å². The number of likely N-dealkylation sites (N-methyl/N-ethyl adjacent to an activating group) is 1. The lowest BCUT2D eigenvalue weighted by atomic mass is 9.96. The lowest BCUT2D eigenvalue weighted by molar-refractivity contribution is -0.0118. The summed E-state index contributed by atoms with van der Waals surface area (Å²) < 4.78 is 19.5. The monoisotopic (exact) mass is 257 g/mol. The van der Waals surface area contributed by atoms with Crippen molar-refractivity contribution < 1.29 is 9.13 Å². The Hall–Kier alpha value is -0.640. The van der Waals surface area contributed by atoms with Gasteiger partial charge in [0, 0.05) is 19.6 Å². The highest BCUT2D eigenvalue weighted by Gasteiger charge is 2.35. The Balaban J connectivity index is 2.31. The van der Waals surface area contributed by atoms with Gasteiger partial charge in [0.15, 0.2) is 0 Å². The third kappa shape index (κ3) is 2.32. The highest BCUT2D eigenvalue weighted by atomic mass is 35.5. The summed E-state index contributed by atoms with van der Waals surface area (Å²) in [7, 11) is 1.67.